The molecule has 198 valence electrons. The summed E-state index contributed by atoms with van der Waals surface area (Å²) in [6.45, 7) is 7.82. The van der Waals surface area contributed by atoms with E-state index >= 15 is 0 Å². The topological polar surface area (TPSA) is 103 Å². The molecule has 1 aliphatic carbocycles. The summed E-state index contributed by atoms with van der Waals surface area (Å²) in [7, 11) is 4.95. The molecular formula is C27H37N7O3. The highest BCUT2D eigenvalue weighted by molar-refractivity contribution is 6.01. The molecule has 0 bridgehead atoms. The van der Waals surface area contributed by atoms with Crippen molar-refractivity contribution in [3.8, 4) is 5.75 Å². The molecule has 1 aromatic heterocycles. The molecule has 2 aliphatic heterocycles. The van der Waals surface area contributed by atoms with E-state index in [1.54, 1.807) is 50.5 Å². The third-order valence-electron chi connectivity index (χ3n) is 7.67. The van der Waals surface area contributed by atoms with Crippen LogP contribution in [0, 0.1) is 11.3 Å². The van der Waals surface area contributed by atoms with Gasteiger partial charge in [-0.3, -0.25) is 9.59 Å². The highest BCUT2D eigenvalue weighted by Crippen LogP contribution is 2.40. The molecule has 1 saturated carbocycles. The van der Waals surface area contributed by atoms with Crippen molar-refractivity contribution in [2.45, 2.75) is 39.2 Å². The van der Waals surface area contributed by atoms with Gasteiger partial charge in [0.15, 0.2) is 5.82 Å². The van der Waals surface area contributed by atoms with Crippen molar-refractivity contribution in [3.05, 3.63) is 30.0 Å². The number of aromatic nitrogens is 2. The van der Waals surface area contributed by atoms with Gasteiger partial charge in [0, 0.05) is 51.9 Å². The maximum Gasteiger partial charge on any atom is 0.251 e. The maximum absolute atomic E-state index is 13.3. The van der Waals surface area contributed by atoms with E-state index in [0.29, 0.717) is 35.2 Å². The molecular weight excluding hydrogens is 470 g/mol. The number of amides is 2. The van der Waals surface area contributed by atoms with Crippen molar-refractivity contribution < 1.29 is 14.3 Å². The Kier molecular flexibility index (Phi) is 6.70. The second kappa shape index (κ2) is 9.81. The van der Waals surface area contributed by atoms with E-state index in [0.717, 1.165) is 31.2 Å². The number of rotatable bonds is 7. The Morgan fingerprint density at radius 3 is 2.73 bits per heavy atom. The Balaban J connectivity index is 1.47. The molecule has 2 fully saturated rings. The summed E-state index contributed by atoms with van der Waals surface area (Å²) in [5.41, 5.74) is 1.30. The number of likely N-dealkylation sites (tertiary alicyclic amines) is 1. The molecule has 10 nitrogen and oxygen atoms in total. The molecule has 0 radical (unpaired) electrons. The Hall–Kier alpha value is -3.40. The lowest BCUT2D eigenvalue weighted by molar-refractivity contribution is -0.125. The molecule has 2 N–H and O–H groups in total. The van der Waals surface area contributed by atoms with Gasteiger partial charge in [-0.25, -0.2) is 4.98 Å². The Morgan fingerprint density at radius 2 is 2.03 bits per heavy atom. The zero-order valence-corrected chi connectivity index (χ0v) is 22.4. The molecule has 1 saturated heterocycles. The van der Waals surface area contributed by atoms with Crippen LogP contribution in [-0.2, 0) is 4.79 Å². The second-order valence-electron chi connectivity index (χ2n) is 11.0. The van der Waals surface area contributed by atoms with Gasteiger partial charge in [-0.2, -0.15) is 4.98 Å². The van der Waals surface area contributed by atoms with Crippen LogP contribution in [0.15, 0.2) is 24.4 Å². The van der Waals surface area contributed by atoms with Gasteiger partial charge in [0.25, 0.3) is 5.91 Å². The van der Waals surface area contributed by atoms with E-state index in [1.165, 1.54) is 19.4 Å². The first-order chi connectivity index (χ1) is 17.7. The second-order valence-corrected chi connectivity index (χ2v) is 11.0. The van der Waals surface area contributed by atoms with E-state index in [-0.39, 0.29) is 17.9 Å². The number of fused-ring (bicyclic) bond motifs is 1. The fourth-order valence-corrected chi connectivity index (χ4v) is 5.41. The summed E-state index contributed by atoms with van der Waals surface area (Å²) in [5, 5.41) is 5.88. The monoisotopic (exact) mass is 507 g/mol. The van der Waals surface area contributed by atoms with Crippen LogP contribution in [0.3, 0.4) is 0 Å². The first kappa shape index (κ1) is 25.3. The first-order valence-corrected chi connectivity index (χ1v) is 13.0. The van der Waals surface area contributed by atoms with Gasteiger partial charge >= 0.3 is 0 Å². The van der Waals surface area contributed by atoms with E-state index < -0.39 is 5.41 Å². The zero-order valence-electron chi connectivity index (χ0n) is 22.4. The summed E-state index contributed by atoms with van der Waals surface area (Å²) in [4.78, 5) is 41.5. The van der Waals surface area contributed by atoms with Crippen molar-refractivity contribution in [1.29, 1.82) is 0 Å². The number of benzene rings is 1. The number of methoxy groups -OCH3 is 1. The highest BCUT2D eigenvalue weighted by atomic mass is 16.5. The van der Waals surface area contributed by atoms with Crippen LogP contribution in [-0.4, -0.2) is 80.1 Å². The predicted octanol–water partition coefficient (Wildman–Crippen LogP) is 2.88. The largest absolute Gasteiger partial charge is 0.495 e. The number of anilines is 4. The predicted molar refractivity (Wildman–Crippen MR) is 144 cm³/mol. The fraction of sp³-hybridized carbons (Fsp3) is 0.556. The Bertz CT molecular complexity index is 1200. The van der Waals surface area contributed by atoms with Gasteiger partial charge in [-0.15, -0.1) is 0 Å². The lowest BCUT2D eigenvalue weighted by Crippen LogP contribution is -2.46. The minimum absolute atomic E-state index is 0.0554. The van der Waals surface area contributed by atoms with Gasteiger partial charge in [0.1, 0.15) is 11.4 Å². The lowest BCUT2D eigenvalue weighted by atomic mass is 9.91. The molecule has 0 unspecified atom stereocenters. The van der Waals surface area contributed by atoms with Crippen molar-refractivity contribution in [2.75, 3.05) is 62.5 Å². The van der Waals surface area contributed by atoms with E-state index in [2.05, 4.69) is 25.4 Å². The summed E-state index contributed by atoms with van der Waals surface area (Å²) >= 11 is 0. The molecule has 3 heterocycles. The lowest BCUT2D eigenvalue weighted by Gasteiger charge is -2.34. The molecule has 3 aliphatic rings. The van der Waals surface area contributed by atoms with Crippen molar-refractivity contribution in [3.63, 3.8) is 0 Å². The molecule has 1 aromatic carbocycles. The zero-order chi connectivity index (χ0) is 26.3. The number of carbonyl (C=O) groups excluding carboxylic acids is 2. The maximum atomic E-state index is 13.3. The number of nitrogens with one attached hydrogen (secondary N) is 2. The van der Waals surface area contributed by atoms with E-state index in [4.69, 9.17) is 9.72 Å². The normalized spacial score (nSPS) is 21.4. The summed E-state index contributed by atoms with van der Waals surface area (Å²) in [6.07, 6.45) is 5.45. The quantitative estimate of drug-likeness (QED) is 0.590. The minimum Gasteiger partial charge on any atom is -0.495 e. The average molecular weight is 508 g/mol. The van der Waals surface area contributed by atoms with Gasteiger partial charge < -0.3 is 30.1 Å². The van der Waals surface area contributed by atoms with Gasteiger partial charge in [0.05, 0.1) is 24.4 Å². The van der Waals surface area contributed by atoms with E-state index in [1.807, 2.05) is 13.8 Å². The third-order valence-corrected chi connectivity index (χ3v) is 7.67. The number of nitrogens with zero attached hydrogens (tertiary/aromatic N) is 5. The number of ether oxygens (including phenoxy) is 1. The molecule has 37 heavy (non-hydrogen) atoms. The van der Waals surface area contributed by atoms with Crippen LogP contribution in [0.2, 0.25) is 0 Å². The number of hydrogen-bond acceptors (Lipinski definition) is 8. The van der Waals surface area contributed by atoms with Crippen molar-refractivity contribution in [1.82, 2.24) is 20.2 Å². The van der Waals surface area contributed by atoms with Crippen LogP contribution in [0.5, 0.6) is 5.75 Å². The van der Waals surface area contributed by atoms with Gasteiger partial charge in [-0.05, 0) is 57.2 Å². The summed E-state index contributed by atoms with van der Waals surface area (Å²) < 4.78 is 5.53. The smallest absolute Gasteiger partial charge is 0.251 e. The number of carbonyl (C=O) groups is 2. The molecule has 0 spiro atoms. The highest BCUT2D eigenvalue weighted by Gasteiger charge is 2.42. The van der Waals surface area contributed by atoms with Gasteiger partial charge in [-0.1, -0.05) is 0 Å². The molecule has 5 rings (SSSR count). The number of hydrogen-bond donors (Lipinski definition) is 2. The molecule has 2 aromatic rings. The van der Waals surface area contributed by atoms with E-state index in [9.17, 15) is 9.59 Å². The molecule has 1 atom stereocenters. The molecule has 2 amide bonds. The first-order valence-electron chi connectivity index (χ1n) is 13.0. The standard InChI is InChI=1S/C27H37N7O3/c1-27(2)16-34(19-10-11-33(15-19)14-17-6-7-17)23-21(32(4)25(27)36)13-29-26(31-23)30-20-9-8-18(24(35)28-3)12-22(20)37-5/h8-9,12-13,17,19H,6-7,10-11,14-16H2,1-5H3,(H,28,35)(H,29,30,31)/t19-/m1/s1. The average Bonchev–Trinajstić information content (AvgIpc) is 3.60. The third kappa shape index (κ3) is 5.07. The Labute approximate surface area is 218 Å². The van der Waals surface area contributed by atoms with Gasteiger partial charge in [0.2, 0.25) is 11.9 Å². The fourth-order valence-electron chi connectivity index (χ4n) is 5.41. The van der Waals surface area contributed by atoms with Crippen LogP contribution < -0.4 is 25.2 Å². The summed E-state index contributed by atoms with van der Waals surface area (Å²) in [5.74, 6) is 2.39. The summed E-state index contributed by atoms with van der Waals surface area (Å²) in [6, 6.07) is 5.46. The van der Waals surface area contributed by atoms with Crippen molar-refractivity contribution >= 4 is 35.0 Å². The van der Waals surface area contributed by atoms with Crippen LogP contribution >= 0.6 is 0 Å². The van der Waals surface area contributed by atoms with Crippen LogP contribution in [0.4, 0.5) is 23.1 Å². The van der Waals surface area contributed by atoms with Crippen molar-refractivity contribution in [2.24, 2.45) is 11.3 Å². The Morgan fingerprint density at radius 1 is 1.24 bits per heavy atom. The van der Waals surface area contributed by atoms with Crippen LogP contribution in [0.25, 0.3) is 0 Å². The van der Waals surface area contributed by atoms with Crippen LogP contribution in [0.1, 0.15) is 43.5 Å². The minimum atomic E-state index is -0.564. The molecule has 10 heteroatoms. The SMILES string of the molecule is CNC(=O)c1ccc(Nc2ncc3c(n2)N([C@@H]2CCN(CC4CC4)C2)CC(C)(C)C(=O)N3C)c(OC)c1.